The maximum absolute atomic E-state index is 4.57. The van der Waals surface area contributed by atoms with E-state index in [1.54, 1.807) is 0 Å². The number of hydrogen-bond donors (Lipinski definition) is 1. The third-order valence-electron chi connectivity index (χ3n) is 5.41. The van der Waals surface area contributed by atoms with Crippen molar-refractivity contribution in [3.8, 4) is 0 Å². The van der Waals surface area contributed by atoms with Crippen LogP contribution in [0.25, 0.3) is 33.1 Å². The van der Waals surface area contributed by atoms with Crippen LogP contribution >= 0.6 is 0 Å². The van der Waals surface area contributed by atoms with E-state index in [9.17, 15) is 0 Å². The monoisotopic (exact) mass is 372 g/mol. The van der Waals surface area contributed by atoms with E-state index >= 15 is 0 Å². The van der Waals surface area contributed by atoms with Gasteiger partial charge in [0, 0.05) is 22.5 Å². The molecule has 0 amide bonds. The fourth-order valence-corrected chi connectivity index (χ4v) is 3.86. The standard InChI is InChI=1S/C27H20N2/c1-18(20-9-5-3-6-10-20)22-13-14-25-24(17-22)26-23(15-16-28-27(26)29-25)19(2)21-11-7-4-8-12-21/h3-17H,1-2H2,(H,28,29). The van der Waals surface area contributed by atoms with Gasteiger partial charge in [0.05, 0.1) is 0 Å². The zero-order valence-electron chi connectivity index (χ0n) is 16.0. The molecule has 3 aromatic carbocycles. The molecule has 2 heteroatoms. The Morgan fingerprint density at radius 2 is 1.34 bits per heavy atom. The van der Waals surface area contributed by atoms with Crippen molar-refractivity contribution in [1.29, 1.82) is 0 Å². The molecule has 0 saturated carbocycles. The van der Waals surface area contributed by atoms with Gasteiger partial charge in [-0.2, -0.15) is 0 Å². The van der Waals surface area contributed by atoms with Crippen LogP contribution in [0.15, 0.2) is 104 Å². The molecule has 0 spiro atoms. The highest BCUT2D eigenvalue weighted by atomic mass is 14.8. The molecule has 0 unspecified atom stereocenters. The molecule has 0 radical (unpaired) electrons. The number of benzene rings is 3. The molecule has 0 atom stereocenters. The number of aromatic nitrogens is 2. The largest absolute Gasteiger partial charge is 0.339 e. The lowest BCUT2D eigenvalue weighted by atomic mass is 9.94. The van der Waals surface area contributed by atoms with Gasteiger partial charge in [0.25, 0.3) is 0 Å². The third-order valence-corrected chi connectivity index (χ3v) is 5.41. The van der Waals surface area contributed by atoms with Gasteiger partial charge in [-0.25, -0.2) is 4.98 Å². The fraction of sp³-hybridized carbons (Fsp3) is 0. The summed E-state index contributed by atoms with van der Waals surface area (Å²) in [5.74, 6) is 0. The van der Waals surface area contributed by atoms with Crippen LogP contribution in [0.2, 0.25) is 0 Å². The molecule has 29 heavy (non-hydrogen) atoms. The van der Waals surface area contributed by atoms with Gasteiger partial charge in [0.2, 0.25) is 0 Å². The Hall–Kier alpha value is -3.91. The molecule has 0 aliphatic heterocycles. The Kier molecular flexibility index (Phi) is 4.10. The highest BCUT2D eigenvalue weighted by molar-refractivity contribution is 6.12. The maximum Gasteiger partial charge on any atom is 0.138 e. The van der Waals surface area contributed by atoms with E-state index in [1.165, 1.54) is 0 Å². The van der Waals surface area contributed by atoms with Gasteiger partial charge >= 0.3 is 0 Å². The summed E-state index contributed by atoms with van der Waals surface area (Å²) in [5.41, 5.74) is 8.36. The lowest BCUT2D eigenvalue weighted by Crippen LogP contribution is -1.89. The summed E-state index contributed by atoms with van der Waals surface area (Å²) in [7, 11) is 0. The number of pyridine rings is 1. The van der Waals surface area contributed by atoms with Crippen molar-refractivity contribution in [2.75, 3.05) is 0 Å². The second-order valence-corrected chi connectivity index (χ2v) is 7.16. The van der Waals surface area contributed by atoms with E-state index < -0.39 is 0 Å². The molecular formula is C27H20N2. The van der Waals surface area contributed by atoms with Gasteiger partial charge in [-0.05, 0) is 51.6 Å². The molecular weight excluding hydrogens is 352 g/mol. The van der Waals surface area contributed by atoms with Crippen LogP contribution in [0.3, 0.4) is 0 Å². The third kappa shape index (κ3) is 2.95. The lowest BCUT2D eigenvalue weighted by Gasteiger charge is -2.09. The van der Waals surface area contributed by atoms with Crippen molar-refractivity contribution >= 4 is 33.1 Å². The zero-order valence-corrected chi connectivity index (χ0v) is 16.0. The molecule has 0 fully saturated rings. The predicted molar refractivity (Wildman–Crippen MR) is 123 cm³/mol. The summed E-state index contributed by atoms with van der Waals surface area (Å²) >= 11 is 0. The fourth-order valence-electron chi connectivity index (χ4n) is 3.86. The van der Waals surface area contributed by atoms with Gasteiger partial charge in [-0.1, -0.05) is 79.9 Å². The van der Waals surface area contributed by atoms with Crippen molar-refractivity contribution in [1.82, 2.24) is 9.97 Å². The van der Waals surface area contributed by atoms with Crippen LogP contribution < -0.4 is 0 Å². The van der Waals surface area contributed by atoms with Crippen molar-refractivity contribution < 1.29 is 0 Å². The molecule has 0 aliphatic carbocycles. The van der Waals surface area contributed by atoms with Crippen LogP contribution in [0.4, 0.5) is 0 Å². The molecule has 0 bridgehead atoms. The number of hydrogen-bond acceptors (Lipinski definition) is 1. The van der Waals surface area contributed by atoms with E-state index in [0.29, 0.717) is 0 Å². The second kappa shape index (κ2) is 6.92. The normalized spacial score (nSPS) is 11.0. The quantitative estimate of drug-likeness (QED) is 0.368. The topological polar surface area (TPSA) is 28.7 Å². The van der Waals surface area contributed by atoms with Gasteiger partial charge in [-0.15, -0.1) is 0 Å². The number of H-pyrrole nitrogens is 1. The molecule has 2 heterocycles. The lowest BCUT2D eigenvalue weighted by molar-refractivity contribution is 1.34. The van der Waals surface area contributed by atoms with Crippen LogP contribution in [0, 0.1) is 0 Å². The Morgan fingerprint density at radius 3 is 2.03 bits per heavy atom. The summed E-state index contributed by atoms with van der Waals surface area (Å²) in [6, 6.07) is 29.0. The average Bonchev–Trinajstić information content (AvgIpc) is 3.17. The van der Waals surface area contributed by atoms with Crippen molar-refractivity contribution in [2.24, 2.45) is 0 Å². The van der Waals surface area contributed by atoms with Crippen LogP contribution in [-0.4, -0.2) is 9.97 Å². The van der Waals surface area contributed by atoms with Crippen molar-refractivity contribution in [3.05, 3.63) is 127 Å². The summed E-state index contributed by atoms with van der Waals surface area (Å²) in [5, 5.41) is 2.23. The van der Waals surface area contributed by atoms with E-state index in [2.05, 4.69) is 65.6 Å². The maximum atomic E-state index is 4.57. The molecule has 2 nitrogen and oxygen atoms in total. The summed E-state index contributed by atoms with van der Waals surface area (Å²) in [6.45, 7) is 8.71. The number of nitrogens with one attached hydrogen (secondary N) is 1. The first-order chi connectivity index (χ1) is 14.2. The predicted octanol–water partition coefficient (Wildman–Crippen LogP) is 6.84. The van der Waals surface area contributed by atoms with Gasteiger partial charge in [0.15, 0.2) is 0 Å². The van der Waals surface area contributed by atoms with Gasteiger partial charge in [-0.3, -0.25) is 0 Å². The van der Waals surface area contributed by atoms with Crippen LogP contribution in [-0.2, 0) is 0 Å². The molecule has 0 saturated heterocycles. The molecule has 138 valence electrons. The highest BCUT2D eigenvalue weighted by Gasteiger charge is 2.14. The molecule has 2 aromatic heterocycles. The molecule has 5 aromatic rings. The minimum atomic E-state index is 0.872. The Labute approximate surface area is 169 Å². The van der Waals surface area contributed by atoms with Gasteiger partial charge in [0.1, 0.15) is 5.65 Å². The first-order valence-electron chi connectivity index (χ1n) is 9.62. The van der Waals surface area contributed by atoms with E-state index in [0.717, 1.165) is 55.3 Å². The molecule has 0 aliphatic rings. The van der Waals surface area contributed by atoms with Crippen LogP contribution in [0.5, 0.6) is 0 Å². The van der Waals surface area contributed by atoms with Crippen molar-refractivity contribution in [2.45, 2.75) is 0 Å². The minimum Gasteiger partial charge on any atom is -0.339 e. The zero-order chi connectivity index (χ0) is 19.8. The summed E-state index contributed by atoms with van der Waals surface area (Å²) in [6.07, 6.45) is 1.84. The first-order valence-corrected chi connectivity index (χ1v) is 9.62. The number of fused-ring (bicyclic) bond motifs is 3. The summed E-state index contributed by atoms with van der Waals surface area (Å²) in [4.78, 5) is 8.02. The SMILES string of the molecule is C=C(c1ccccc1)c1ccc2[nH]c3nccc(C(=C)c4ccccc4)c3c2c1. The van der Waals surface area contributed by atoms with E-state index in [4.69, 9.17) is 0 Å². The first kappa shape index (κ1) is 17.2. The van der Waals surface area contributed by atoms with E-state index in [1.807, 2.05) is 48.7 Å². The highest BCUT2D eigenvalue weighted by Crippen LogP contribution is 2.35. The smallest absolute Gasteiger partial charge is 0.138 e. The van der Waals surface area contributed by atoms with Gasteiger partial charge < -0.3 is 4.98 Å². The Morgan fingerprint density at radius 1 is 0.690 bits per heavy atom. The molecule has 5 rings (SSSR count). The van der Waals surface area contributed by atoms with E-state index in [-0.39, 0.29) is 0 Å². The van der Waals surface area contributed by atoms with Crippen LogP contribution in [0.1, 0.15) is 22.3 Å². The Bertz CT molecular complexity index is 1360. The Balaban J connectivity index is 1.70. The number of nitrogens with zero attached hydrogens (tertiary/aromatic N) is 1. The molecule has 1 N–H and O–H groups in total. The second-order valence-electron chi connectivity index (χ2n) is 7.16. The minimum absolute atomic E-state index is 0.872. The average molecular weight is 372 g/mol. The van der Waals surface area contributed by atoms with Crippen molar-refractivity contribution in [3.63, 3.8) is 0 Å². The summed E-state index contributed by atoms with van der Waals surface area (Å²) < 4.78 is 0. The number of aromatic amines is 1. The number of rotatable bonds is 4.